The minimum Gasteiger partial charge on any atom is -0.385 e. The number of rotatable bonds is 8. The summed E-state index contributed by atoms with van der Waals surface area (Å²) in [6, 6.07) is 0. The van der Waals surface area contributed by atoms with Gasteiger partial charge in [0.1, 0.15) is 6.33 Å². The van der Waals surface area contributed by atoms with E-state index in [1.54, 1.807) is 24.3 Å². The standard InChI is InChI=1S/C12H20N6O/c1-17-10-15-11(16-17)4-5-13-12-14-6-8-18(12)7-3-9-19-2/h6,8,10H,3-5,7,9H2,1-2H3,(H,13,14). The van der Waals surface area contributed by atoms with Crippen molar-refractivity contribution in [1.29, 1.82) is 0 Å². The molecule has 0 fully saturated rings. The van der Waals surface area contributed by atoms with E-state index in [9.17, 15) is 0 Å². The molecule has 104 valence electrons. The van der Waals surface area contributed by atoms with E-state index in [2.05, 4.69) is 25.0 Å². The van der Waals surface area contributed by atoms with Crippen molar-refractivity contribution in [2.75, 3.05) is 25.6 Å². The highest BCUT2D eigenvalue weighted by Crippen LogP contribution is 2.05. The lowest BCUT2D eigenvalue weighted by atomic mass is 10.4. The van der Waals surface area contributed by atoms with E-state index in [4.69, 9.17) is 4.74 Å². The van der Waals surface area contributed by atoms with Gasteiger partial charge in [-0.2, -0.15) is 5.10 Å². The second-order valence-corrected chi connectivity index (χ2v) is 4.30. The summed E-state index contributed by atoms with van der Waals surface area (Å²) in [4.78, 5) is 8.48. The number of imidazole rings is 1. The first kappa shape index (κ1) is 13.5. The molecule has 2 heterocycles. The Kier molecular flexibility index (Phi) is 4.91. The first-order valence-corrected chi connectivity index (χ1v) is 6.38. The zero-order valence-corrected chi connectivity index (χ0v) is 11.4. The molecule has 0 saturated carbocycles. The summed E-state index contributed by atoms with van der Waals surface area (Å²) in [5.74, 6) is 1.72. The molecule has 0 atom stereocenters. The van der Waals surface area contributed by atoms with Crippen molar-refractivity contribution >= 4 is 5.95 Å². The highest BCUT2D eigenvalue weighted by atomic mass is 16.5. The van der Waals surface area contributed by atoms with E-state index in [-0.39, 0.29) is 0 Å². The Morgan fingerprint density at radius 3 is 3.00 bits per heavy atom. The minimum absolute atomic E-state index is 0.759. The molecule has 0 aliphatic carbocycles. The molecular weight excluding hydrogens is 244 g/mol. The molecule has 2 aromatic heterocycles. The average Bonchev–Trinajstić information content (AvgIpc) is 3.00. The van der Waals surface area contributed by atoms with E-state index in [0.717, 1.165) is 44.3 Å². The van der Waals surface area contributed by atoms with Gasteiger partial charge in [-0.1, -0.05) is 0 Å². The van der Waals surface area contributed by atoms with Crippen molar-refractivity contribution in [2.24, 2.45) is 7.05 Å². The van der Waals surface area contributed by atoms with Crippen LogP contribution < -0.4 is 5.32 Å². The van der Waals surface area contributed by atoms with Gasteiger partial charge in [-0.15, -0.1) is 0 Å². The number of hydrogen-bond donors (Lipinski definition) is 1. The molecule has 0 aliphatic rings. The quantitative estimate of drug-likeness (QED) is 0.711. The van der Waals surface area contributed by atoms with Crippen molar-refractivity contribution in [2.45, 2.75) is 19.4 Å². The smallest absolute Gasteiger partial charge is 0.202 e. The van der Waals surface area contributed by atoms with Crippen LogP contribution in [-0.2, 0) is 24.8 Å². The molecule has 0 amide bonds. The van der Waals surface area contributed by atoms with Crippen LogP contribution in [0.4, 0.5) is 5.95 Å². The van der Waals surface area contributed by atoms with Gasteiger partial charge in [0.05, 0.1) is 0 Å². The predicted molar refractivity (Wildman–Crippen MR) is 71.9 cm³/mol. The molecule has 0 bridgehead atoms. The third kappa shape index (κ3) is 4.06. The highest BCUT2D eigenvalue weighted by molar-refractivity contribution is 5.25. The van der Waals surface area contributed by atoms with Crippen LogP contribution in [0.3, 0.4) is 0 Å². The lowest BCUT2D eigenvalue weighted by molar-refractivity contribution is 0.190. The van der Waals surface area contributed by atoms with Crippen LogP contribution in [0.25, 0.3) is 0 Å². The summed E-state index contributed by atoms with van der Waals surface area (Å²) in [6.07, 6.45) is 7.24. The summed E-state index contributed by atoms with van der Waals surface area (Å²) in [5.41, 5.74) is 0. The third-order valence-electron chi connectivity index (χ3n) is 2.74. The first-order valence-electron chi connectivity index (χ1n) is 6.38. The number of nitrogens with one attached hydrogen (secondary N) is 1. The van der Waals surface area contributed by atoms with Crippen molar-refractivity contribution < 1.29 is 4.74 Å². The Bertz CT molecular complexity index is 492. The van der Waals surface area contributed by atoms with E-state index in [1.165, 1.54) is 0 Å². The topological polar surface area (TPSA) is 69.8 Å². The molecule has 7 heteroatoms. The van der Waals surface area contributed by atoms with E-state index < -0.39 is 0 Å². The Balaban J connectivity index is 1.77. The number of anilines is 1. The molecule has 7 nitrogen and oxygen atoms in total. The van der Waals surface area contributed by atoms with Crippen LogP contribution in [0.15, 0.2) is 18.7 Å². The van der Waals surface area contributed by atoms with Crippen LogP contribution >= 0.6 is 0 Å². The highest BCUT2D eigenvalue weighted by Gasteiger charge is 2.03. The lowest BCUT2D eigenvalue weighted by Crippen LogP contribution is -2.12. The van der Waals surface area contributed by atoms with Gasteiger partial charge in [0.25, 0.3) is 0 Å². The summed E-state index contributed by atoms with van der Waals surface area (Å²) < 4.78 is 8.85. The molecule has 0 unspecified atom stereocenters. The van der Waals surface area contributed by atoms with E-state index >= 15 is 0 Å². The second-order valence-electron chi connectivity index (χ2n) is 4.30. The predicted octanol–water partition coefficient (Wildman–Crippen LogP) is 0.703. The molecule has 19 heavy (non-hydrogen) atoms. The Labute approximate surface area is 112 Å². The Morgan fingerprint density at radius 2 is 2.26 bits per heavy atom. The fourth-order valence-electron chi connectivity index (χ4n) is 1.82. The van der Waals surface area contributed by atoms with Gasteiger partial charge in [-0.25, -0.2) is 9.97 Å². The largest absolute Gasteiger partial charge is 0.385 e. The maximum atomic E-state index is 5.05. The maximum absolute atomic E-state index is 5.05. The van der Waals surface area contributed by atoms with Gasteiger partial charge in [0.15, 0.2) is 5.82 Å². The van der Waals surface area contributed by atoms with Gasteiger partial charge in [-0.05, 0) is 6.42 Å². The van der Waals surface area contributed by atoms with Gasteiger partial charge in [0.2, 0.25) is 5.95 Å². The number of aromatic nitrogens is 5. The molecule has 2 rings (SSSR count). The van der Waals surface area contributed by atoms with Crippen LogP contribution in [0, 0.1) is 0 Å². The molecule has 0 spiro atoms. The molecule has 2 aromatic rings. The van der Waals surface area contributed by atoms with Crippen molar-refractivity contribution in [1.82, 2.24) is 24.3 Å². The number of methoxy groups -OCH3 is 1. The Hall–Kier alpha value is -1.89. The second kappa shape index (κ2) is 6.89. The zero-order chi connectivity index (χ0) is 13.5. The molecule has 1 N–H and O–H groups in total. The third-order valence-corrected chi connectivity index (χ3v) is 2.74. The first-order chi connectivity index (χ1) is 9.29. The van der Waals surface area contributed by atoms with E-state index in [0.29, 0.717) is 0 Å². The lowest BCUT2D eigenvalue weighted by Gasteiger charge is -2.08. The van der Waals surface area contributed by atoms with Gasteiger partial charge >= 0.3 is 0 Å². The fraction of sp³-hybridized carbons (Fsp3) is 0.583. The minimum atomic E-state index is 0.759. The normalized spacial score (nSPS) is 10.8. The number of hydrogen-bond acceptors (Lipinski definition) is 5. The summed E-state index contributed by atoms with van der Waals surface area (Å²) >= 11 is 0. The van der Waals surface area contributed by atoms with E-state index in [1.807, 2.05) is 13.2 Å². The average molecular weight is 264 g/mol. The number of nitrogens with zero attached hydrogens (tertiary/aromatic N) is 5. The van der Waals surface area contributed by atoms with Crippen LogP contribution in [0.2, 0.25) is 0 Å². The van der Waals surface area contributed by atoms with Gasteiger partial charge in [0, 0.05) is 52.7 Å². The number of aryl methyl sites for hydroxylation is 2. The Morgan fingerprint density at radius 1 is 1.37 bits per heavy atom. The monoisotopic (exact) mass is 264 g/mol. The number of ether oxygens (including phenoxy) is 1. The van der Waals surface area contributed by atoms with Crippen LogP contribution in [-0.4, -0.2) is 44.6 Å². The summed E-state index contributed by atoms with van der Waals surface area (Å²) in [5, 5.41) is 7.53. The molecule has 0 saturated heterocycles. The molecular formula is C12H20N6O. The fourth-order valence-corrected chi connectivity index (χ4v) is 1.82. The molecule has 0 aliphatic heterocycles. The van der Waals surface area contributed by atoms with Crippen LogP contribution in [0.5, 0.6) is 0 Å². The molecule has 0 radical (unpaired) electrons. The summed E-state index contributed by atoms with van der Waals surface area (Å²) in [7, 11) is 3.58. The van der Waals surface area contributed by atoms with Crippen molar-refractivity contribution in [3.8, 4) is 0 Å². The SMILES string of the molecule is COCCCn1ccnc1NCCc1ncn(C)n1. The van der Waals surface area contributed by atoms with Crippen molar-refractivity contribution in [3.63, 3.8) is 0 Å². The zero-order valence-electron chi connectivity index (χ0n) is 11.4. The van der Waals surface area contributed by atoms with Crippen LogP contribution in [0.1, 0.15) is 12.2 Å². The molecule has 0 aromatic carbocycles. The van der Waals surface area contributed by atoms with Gasteiger partial charge in [-0.3, -0.25) is 4.68 Å². The maximum Gasteiger partial charge on any atom is 0.202 e. The van der Waals surface area contributed by atoms with Gasteiger partial charge < -0.3 is 14.6 Å². The summed E-state index contributed by atoms with van der Waals surface area (Å²) in [6.45, 7) is 2.43. The van der Waals surface area contributed by atoms with Crippen molar-refractivity contribution in [3.05, 3.63) is 24.5 Å².